The summed E-state index contributed by atoms with van der Waals surface area (Å²) in [5.41, 5.74) is 3.41. The molecule has 0 atom stereocenters. The second-order valence-electron chi connectivity index (χ2n) is 8.98. The lowest BCUT2D eigenvalue weighted by Gasteiger charge is -2.29. The van der Waals surface area contributed by atoms with Crippen LogP contribution in [0.2, 0.25) is 0 Å². The number of nitrogens with zero attached hydrogens (tertiary/aromatic N) is 2. The van der Waals surface area contributed by atoms with Gasteiger partial charge in [0.2, 0.25) is 0 Å². The maximum Gasteiger partial charge on any atom is 0.410 e. The van der Waals surface area contributed by atoms with Crippen molar-refractivity contribution in [3.05, 3.63) is 59.7 Å². The summed E-state index contributed by atoms with van der Waals surface area (Å²) in [5, 5.41) is 3.29. The average molecular weight is 451 g/mol. The molecule has 0 saturated heterocycles. The molecule has 0 fully saturated rings. The van der Waals surface area contributed by atoms with E-state index in [1.165, 1.54) is 13.1 Å². The molecule has 0 spiro atoms. The number of nitrogens with one attached hydrogen (secondary N) is 2. The van der Waals surface area contributed by atoms with E-state index in [-0.39, 0.29) is 17.6 Å². The van der Waals surface area contributed by atoms with Crippen LogP contribution in [0.5, 0.6) is 0 Å². The Morgan fingerprint density at radius 3 is 2.61 bits per heavy atom. The van der Waals surface area contributed by atoms with Gasteiger partial charge >= 0.3 is 6.09 Å². The number of hydrogen-bond acceptors (Lipinski definition) is 4. The number of carbonyl (C=O) groups excluding carboxylic acids is 2. The first-order valence-electron chi connectivity index (χ1n) is 10.8. The minimum atomic E-state index is -0.534. The Kier molecular flexibility index (Phi) is 5.93. The lowest BCUT2D eigenvalue weighted by molar-refractivity contribution is 0.0270. The van der Waals surface area contributed by atoms with E-state index in [0.717, 1.165) is 16.7 Å². The summed E-state index contributed by atoms with van der Waals surface area (Å²) >= 11 is 0. The van der Waals surface area contributed by atoms with Crippen LogP contribution in [-0.2, 0) is 4.74 Å². The molecule has 3 heterocycles. The molecular weight excluding hydrogens is 423 g/mol. The SMILES string of the molecule is CNC(=O)c1ccc(-c2ccnc3[nH]c(C4=CCN(C(=O)OC(C)(C)C)CC4)cc23)c(F)c1. The molecule has 0 radical (unpaired) electrons. The lowest BCUT2D eigenvalue weighted by atomic mass is 10.00. The Morgan fingerprint density at radius 2 is 1.97 bits per heavy atom. The van der Waals surface area contributed by atoms with E-state index in [4.69, 9.17) is 4.74 Å². The number of halogens is 1. The summed E-state index contributed by atoms with van der Waals surface area (Å²) in [6, 6.07) is 8.17. The van der Waals surface area contributed by atoms with Crippen LogP contribution in [0.25, 0.3) is 27.7 Å². The number of rotatable bonds is 3. The van der Waals surface area contributed by atoms with Gasteiger partial charge in [-0.1, -0.05) is 12.1 Å². The molecular formula is C25H27FN4O3. The molecule has 4 rings (SSSR count). The van der Waals surface area contributed by atoms with Crippen LogP contribution >= 0.6 is 0 Å². The number of ether oxygens (including phenoxy) is 1. The Hall–Kier alpha value is -3.68. The Bertz CT molecular complexity index is 1260. The van der Waals surface area contributed by atoms with Crippen LogP contribution in [0, 0.1) is 5.82 Å². The Balaban J connectivity index is 1.61. The maximum atomic E-state index is 14.9. The van der Waals surface area contributed by atoms with Gasteiger partial charge in [0.1, 0.15) is 17.1 Å². The lowest BCUT2D eigenvalue weighted by Crippen LogP contribution is -2.39. The molecule has 8 heteroatoms. The number of carbonyl (C=O) groups is 2. The summed E-state index contributed by atoms with van der Waals surface area (Å²) in [6.07, 6.45) is 3.96. The summed E-state index contributed by atoms with van der Waals surface area (Å²) in [5.74, 6) is -0.815. The number of aromatic nitrogens is 2. The highest BCUT2D eigenvalue weighted by Gasteiger charge is 2.24. The first-order valence-corrected chi connectivity index (χ1v) is 10.8. The van der Waals surface area contributed by atoms with E-state index in [9.17, 15) is 14.0 Å². The van der Waals surface area contributed by atoms with Crippen molar-refractivity contribution in [2.24, 2.45) is 0 Å². The summed E-state index contributed by atoms with van der Waals surface area (Å²) in [7, 11) is 1.51. The van der Waals surface area contributed by atoms with Gasteiger partial charge in [0.15, 0.2) is 0 Å². The molecule has 1 aliphatic rings. The van der Waals surface area contributed by atoms with Gasteiger partial charge in [-0.15, -0.1) is 0 Å². The van der Waals surface area contributed by atoms with Crippen molar-refractivity contribution in [1.29, 1.82) is 0 Å². The summed E-state index contributed by atoms with van der Waals surface area (Å²) in [4.78, 5) is 33.5. The van der Waals surface area contributed by atoms with Crippen LogP contribution in [0.15, 0.2) is 42.6 Å². The fourth-order valence-corrected chi connectivity index (χ4v) is 3.86. The Labute approximate surface area is 191 Å². The third-order valence-corrected chi connectivity index (χ3v) is 5.49. The molecule has 3 aromatic rings. The fraction of sp³-hybridized carbons (Fsp3) is 0.320. The molecule has 33 heavy (non-hydrogen) atoms. The number of amides is 2. The van der Waals surface area contributed by atoms with Crippen molar-refractivity contribution in [2.45, 2.75) is 32.8 Å². The van der Waals surface area contributed by atoms with E-state index in [1.54, 1.807) is 29.3 Å². The molecule has 0 saturated carbocycles. The van der Waals surface area contributed by atoms with Crippen LogP contribution in [0.4, 0.5) is 9.18 Å². The van der Waals surface area contributed by atoms with Gasteiger partial charge in [-0.25, -0.2) is 14.2 Å². The van der Waals surface area contributed by atoms with E-state index >= 15 is 0 Å². The number of benzene rings is 1. The average Bonchev–Trinajstić information content (AvgIpc) is 3.22. The Morgan fingerprint density at radius 1 is 1.18 bits per heavy atom. The minimum Gasteiger partial charge on any atom is -0.444 e. The van der Waals surface area contributed by atoms with Crippen LogP contribution < -0.4 is 5.32 Å². The highest BCUT2D eigenvalue weighted by Crippen LogP contribution is 2.33. The largest absolute Gasteiger partial charge is 0.444 e. The van der Waals surface area contributed by atoms with Gasteiger partial charge in [0.25, 0.3) is 5.91 Å². The number of hydrogen-bond donors (Lipinski definition) is 2. The van der Waals surface area contributed by atoms with Crippen molar-refractivity contribution in [3.8, 4) is 11.1 Å². The van der Waals surface area contributed by atoms with E-state index in [2.05, 4.69) is 15.3 Å². The van der Waals surface area contributed by atoms with Crippen LogP contribution in [-0.4, -0.2) is 52.6 Å². The van der Waals surface area contributed by atoms with Crippen molar-refractivity contribution < 1.29 is 18.7 Å². The standard InChI is InChI=1S/C25H27FN4O3/c1-25(2,3)33-24(32)30-11-8-15(9-12-30)21-14-19-17(7-10-28-22(19)29-21)18-6-5-16(13-20(18)26)23(31)27-4/h5-8,10,13-14H,9,11-12H2,1-4H3,(H,27,31)(H,28,29). The molecule has 7 nitrogen and oxygen atoms in total. The topological polar surface area (TPSA) is 87.3 Å². The number of aromatic amines is 1. The van der Waals surface area contributed by atoms with E-state index in [1.807, 2.05) is 32.9 Å². The van der Waals surface area contributed by atoms with Gasteiger partial charge < -0.3 is 19.9 Å². The smallest absolute Gasteiger partial charge is 0.410 e. The molecule has 1 aromatic carbocycles. The second-order valence-corrected chi connectivity index (χ2v) is 8.98. The first-order chi connectivity index (χ1) is 15.7. The van der Waals surface area contributed by atoms with Crippen molar-refractivity contribution >= 4 is 28.6 Å². The second kappa shape index (κ2) is 8.69. The molecule has 172 valence electrons. The van der Waals surface area contributed by atoms with Crippen LogP contribution in [0.1, 0.15) is 43.2 Å². The normalized spacial score (nSPS) is 14.2. The maximum absolute atomic E-state index is 14.9. The van der Waals surface area contributed by atoms with Gasteiger partial charge in [0.05, 0.1) is 0 Å². The van der Waals surface area contributed by atoms with Gasteiger partial charge in [-0.2, -0.15) is 0 Å². The highest BCUT2D eigenvalue weighted by atomic mass is 19.1. The van der Waals surface area contributed by atoms with Crippen molar-refractivity contribution in [3.63, 3.8) is 0 Å². The molecule has 2 N–H and O–H groups in total. The zero-order chi connectivity index (χ0) is 23.8. The molecule has 1 aliphatic heterocycles. The first kappa shape index (κ1) is 22.5. The number of H-pyrrole nitrogens is 1. The highest BCUT2D eigenvalue weighted by molar-refractivity contribution is 5.97. The predicted octanol–water partition coefficient (Wildman–Crippen LogP) is 4.75. The zero-order valence-corrected chi connectivity index (χ0v) is 19.2. The third kappa shape index (κ3) is 4.74. The van der Waals surface area contributed by atoms with E-state index in [0.29, 0.717) is 36.3 Å². The molecule has 0 bridgehead atoms. The fourth-order valence-electron chi connectivity index (χ4n) is 3.86. The van der Waals surface area contributed by atoms with Gasteiger partial charge in [0, 0.05) is 48.5 Å². The quantitative estimate of drug-likeness (QED) is 0.603. The molecule has 2 amide bonds. The van der Waals surface area contributed by atoms with E-state index < -0.39 is 11.4 Å². The van der Waals surface area contributed by atoms with Crippen molar-refractivity contribution in [1.82, 2.24) is 20.2 Å². The summed E-state index contributed by atoms with van der Waals surface area (Å²) < 4.78 is 20.3. The summed E-state index contributed by atoms with van der Waals surface area (Å²) in [6.45, 7) is 6.54. The third-order valence-electron chi connectivity index (χ3n) is 5.49. The zero-order valence-electron chi connectivity index (χ0n) is 19.2. The number of fused-ring (bicyclic) bond motifs is 1. The number of pyridine rings is 1. The van der Waals surface area contributed by atoms with Gasteiger partial charge in [-0.3, -0.25) is 4.79 Å². The van der Waals surface area contributed by atoms with Gasteiger partial charge in [-0.05, 0) is 62.6 Å². The molecule has 0 unspecified atom stereocenters. The predicted molar refractivity (Wildman–Crippen MR) is 125 cm³/mol. The van der Waals surface area contributed by atoms with Crippen molar-refractivity contribution in [2.75, 3.05) is 20.1 Å². The molecule has 0 aliphatic carbocycles. The minimum absolute atomic E-state index is 0.265. The molecule has 2 aromatic heterocycles. The van der Waals surface area contributed by atoms with Crippen LogP contribution in [0.3, 0.4) is 0 Å². The monoisotopic (exact) mass is 450 g/mol.